The highest BCUT2D eigenvalue weighted by Crippen LogP contribution is 2.25. The van der Waals surface area contributed by atoms with E-state index in [4.69, 9.17) is 9.47 Å². The topological polar surface area (TPSA) is 68.4 Å². The maximum absolute atomic E-state index is 12.3. The van der Waals surface area contributed by atoms with Crippen molar-refractivity contribution >= 4 is 11.8 Å². The molecule has 0 radical (unpaired) electrons. The summed E-state index contributed by atoms with van der Waals surface area (Å²) in [5.41, 5.74) is 2.67. The number of rotatable bonds is 7. The second kappa shape index (κ2) is 7.56. The summed E-state index contributed by atoms with van der Waals surface area (Å²) in [7, 11) is 1.62. The SMILES string of the molecule is CCOC(=O)C(=O)c1[nH]c(CCOC)cc1-c1ccccc1. The predicted molar refractivity (Wildman–Crippen MR) is 82.8 cm³/mol. The molecule has 0 atom stereocenters. The Morgan fingerprint density at radius 2 is 1.91 bits per heavy atom. The molecule has 0 aliphatic rings. The zero-order valence-corrected chi connectivity index (χ0v) is 12.7. The first-order chi connectivity index (χ1) is 10.7. The first kappa shape index (κ1) is 16.0. The largest absolute Gasteiger partial charge is 0.460 e. The summed E-state index contributed by atoms with van der Waals surface area (Å²) < 4.78 is 9.86. The van der Waals surface area contributed by atoms with Crippen molar-refractivity contribution in [3.8, 4) is 11.1 Å². The van der Waals surface area contributed by atoms with Crippen molar-refractivity contribution in [2.24, 2.45) is 0 Å². The third kappa shape index (κ3) is 3.62. The molecule has 5 heteroatoms. The molecule has 0 aliphatic carbocycles. The Balaban J connectivity index is 2.39. The van der Waals surface area contributed by atoms with Crippen molar-refractivity contribution in [3.63, 3.8) is 0 Å². The molecular formula is C17H19NO4. The molecule has 1 N–H and O–H groups in total. The van der Waals surface area contributed by atoms with Gasteiger partial charge in [0.1, 0.15) is 5.69 Å². The van der Waals surface area contributed by atoms with E-state index < -0.39 is 11.8 Å². The van der Waals surface area contributed by atoms with Gasteiger partial charge in [0.2, 0.25) is 0 Å². The average molecular weight is 301 g/mol. The molecule has 116 valence electrons. The molecule has 0 saturated carbocycles. The predicted octanol–water partition coefficient (Wildman–Crippen LogP) is 2.62. The minimum atomic E-state index is -0.847. The Kier molecular flexibility index (Phi) is 5.49. The number of carbonyl (C=O) groups excluding carboxylic acids is 2. The molecule has 0 amide bonds. The van der Waals surface area contributed by atoms with Crippen molar-refractivity contribution in [2.45, 2.75) is 13.3 Å². The van der Waals surface area contributed by atoms with E-state index in [2.05, 4.69) is 4.98 Å². The second-order valence-corrected chi connectivity index (χ2v) is 4.74. The highest BCUT2D eigenvalue weighted by Gasteiger charge is 2.24. The second-order valence-electron chi connectivity index (χ2n) is 4.74. The van der Waals surface area contributed by atoms with Crippen molar-refractivity contribution < 1.29 is 19.1 Å². The number of methoxy groups -OCH3 is 1. The molecule has 0 unspecified atom stereocenters. The van der Waals surface area contributed by atoms with E-state index in [1.54, 1.807) is 14.0 Å². The fourth-order valence-electron chi connectivity index (χ4n) is 2.18. The Hall–Kier alpha value is -2.40. The van der Waals surface area contributed by atoms with E-state index in [1.807, 2.05) is 36.4 Å². The molecular weight excluding hydrogens is 282 g/mol. The van der Waals surface area contributed by atoms with Crippen molar-refractivity contribution in [2.75, 3.05) is 20.3 Å². The van der Waals surface area contributed by atoms with E-state index in [1.165, 1.54) is 0 Å². The summed E-state index contributed by atoms with van der Waals surface area (Å²) in [5, 5.41) is 0. The van der Waals surface area contributed by atoms with Gasteiger partial charge in [-0.2, -0.15) is 0 Å². The Bertz CT molecular complexity index is 646. The van der Waals surface area contributed by atoms with E-state index >= 15 is 0 Å². The van der Waals surface area contributed by atoms with Crippen LogP contribution in [-0.2, 0) is 20.7 Å². The van der Waals surface area contributed by atoms with Crippen molar-refractivity contribution in [1.29, 1.82) is 0 Å². The van der Waals surface area contributed by atoms with Gasteiger partial charge in [-0.1, -0.05) is 30.3 Å². The van der Waals surface area contributed by atoms with Crippen LogP contribution in [0.25, 0.3) is 11.1 Å². The first-order valence-corrected chi connectivity index (χ1v) is 7.15. The number of benzene rings is 1. The van der Waals surface area contributed by atoms with Crippen LogP contribution < -0.4 is 0 Å². The number of hydrogen-bond acceptors (Lipinski definition) is 4. The summed E-state index contributed by atoms with van der Waals surface area (Å²) in [5.74, 6) is -1.51. The minimum absolute atomic E-state index is 0.169. The van der Waals surface area contributed by atoms with Crippen molar-refractivity contribution in [3.05, 3.63) is 47.8 Å². The van der Waals surface area contributed by atoms with Gasteiger partial charge in [0, 0.05) is 24.8 Å². The summed E-state index contributed by atoms with van der Waals surface area (Å²) in [6.45, 7) is 2.37. The molecule has 5 nitrogen and oxygen atoms in total. The average Bonchev–Trinajstić information content (AvgIpc) is 2.97. The third-order valence-corrected chi connectivity index (χ3v) is 3.22. The van der Waals surface area contributed by atoms with Crippen LogP contribution >= 0.6 is 0 Å². The molecule has 0 aliphatic heterocycles. The lowest BCUT2D eigenvalue weighted by atomic mass is 10.0. The summed E-state index contributed by atoms with van der Waals surface area (Å²) >= 11 is 0. The molecule has 0 bridgehead atoms. The smallest absolute Gasteiger partial charge is 0.381 e. The number of aromatic nitrogens is 1. The number of ketones is 1. The fourth-order valence-corrected chi connectivity index (χ4v) is 2.18. The van der Waals surface area contributed by atoms with Gasteiger partial charge >= 0.3 is 5.97 Å². The van der Waals surface area contributed by atoms with Gasteiger partial charge in [0.05, 0.1) is 13.2 Å². The van der Waals surface area contributed by atoms with E-state index in [-0.39, 0.29) is 12.3 Å². The number of ether oxygens (including phenoxy) is 2. The molecule has 1 aromatic carbocycles. The monoisotopic (exact) mass is 301 g/mol. The lowest BCUT2D eigenvalue weighted by Gasteiger charge is -2.03. The molecule has 22 heavy (non-hydrogen) atoms. The molecule has 2 rings (SSSR count). The normalized spacial score (nSPS) is 10.5. The van der Waals surface area contributed by atoms with Crippen LogP contribution in [0.4, 0.5) is 0 Å². The zero-order valence-electron chi connectivity index (χ0n) is 12.7. The summed E-state index contributed by atoms with van der Waals surface area (Å²) in [6.07, 6.45) is 0.631. The molecule has 2 aromatic rings. The van der Waals surface area contributed by atoms with Gasteiger partial charge in [-0.15, -0.1) is 0 Å². The quantitative estimate of drug-likeness (QED) is 0.485. The van der Waals surface area contributed by atoms with Gasteiger partial charge in [-0.05, 0) is 18.6 Å². The number of Topliss-reactive ketones (excluding diaryl/α,β-unsaturated/α-hetero) is 1. The van der Waals surface area contributed by atoms with Crippen LogP contribution in [0.2, 0.25) is 0 Å². The molecule has 1 aromatic heterocycles. The number of esters is 1. The van der Waals surface area contributed by atoms with Gasteiger partial charge < -0.3 is 14.5 Å². The molecule has 0 saturated heterocycles. The van der Waals surface area contributed by atoms with Gasteiger partial charge in [-0.25, -0.2) is 4.79 Å². The number of H-pyrrole nitrogens is 1. The highest BCUT2D eigenvalue weighted by atomic mass is 16.5. The Labute approximate surface area is 129 Å². The first-order valence-electron chi connectivity index (χ1n) is 7.15. The zero-order chi connectivity index (χ0) is 15.9. The standard InChI is InChI=1S/C17H19NO4/c1-3-22-17(20)16(19)15-14(12-7-5-4-6-8-12)11-13(18-15)9-10-21-2/h4-8,11,18H,3,9-10H2,1-2H3. The maximum Gasteiger partial charge on any atom is 0.381 e. The molecule has 1 heterocycles. The van der Waals surface area contributed by atoms with Crippen LogP contribution in [0.15, 0.2) is 36.4 Å². The number of aromatic amines is 1. The highest BCUT2D eigenvalue weighted by molar-refractivity contribution is 6.41. The Morgan fingerprint density at radius 1 is 1.18 bits per heavy atom. The van der Waals surface area contributed by atoms with Crippen LogP contribution in [-0.4, -0.2) is 37.1 Å². The van der Waals surface area contributed by atoms with E-state index in [9.17, 15) is 9.59 Å². The maximum atomic E-state index is 12.3. The number of hydrogen-bond donors (Lipinski definition) is 1. The van der Waals surface area contributed by atoms with Gasteiger partial charge in [-0.3, -0.25) is 4.79 Å². The van der Waals surface area contributed by atoms with E-state index in [0.717, 1.165) is 11.3 Å². The van der Waals surface area contributed by atoms with Crippen LogP contribution in [0, 0.1) is 0 Å². The summed E-state index contributed by atoms with van der Waals surface area (Å²) in [4.78, 5) is 27.0. The van der Waals surface area contributed by atoms with E-state index in [0.29, 0.717) is 18.6 Å². The lowest BCUT2D eigenvalue weighted by molar-refractivity contribution is -0.137. The van der Waals surface area contributed by atoms with Crippen LogP contribution in [0.5, 0.6) is 0 Å². The Morgan fingerprint density at radius 3 is 2.55 bits per heavy atom. The van der Waals surface area contributed by atoms with Gasteiger partial charge in [0.25, 0.3) is 5.78 Å². The minimum Gasteiger partial charge on any atom is -0.460 e. The molecule has 0 spiro atoms. The fraction of sp³-hybridized carbons (Fsp3) is 0.294. The van der Waals surface area contributed by atoms with Crippen LogP contribution in [0.3, 0.4) is 0 Å². The molecule has 0 fully saturated rings. The lowest BCUT2D eigenvalue weighted by Crippen LogP contribution is -2.18. The third-order valence-electron chi connectivity index (χ3n) is 3.22. The number of nitrogens with one attached hydrogen (secondary N) is 1. The van der Waals surface area contributed by atoms with Gasteiger partial charge in [0.15, 0.2) is 0 Å². The summed E-state index contributed by atoms with van der Waals surface area (Å²) in [6, 6.07) is 11.3. The van der Waals surface area contributed by atoms with Crippen molar-refractivity contribution in [1.82, 2.24) is 4.98 Å². The van der Waals surface area contributed by atoms with Crippen LogP contribution in [0.1, 0.15) is 23.1 Å². The number of carbonyl (C=O) groups is 2.